The molecule has 0 amide bonds. The Morgan fingerprint density at radius 1 is 0.407 bits per heavy atom. The zero-order valence-corrected chi connectivity index (χ0v) is 45.1. The van der Waals surface area contributed by atoms with Gasteiger partial charge in [0, 0.05) is 6.92 Å². The summed E-state index contributed by atoms with van der Waals surface area (Å²) in [5.41, 5.74) is 0. The van der Waals surface area contributed by atoms with Gasteiger partial charge in [-0.05, 0) is 137 Å². The number of esters is 1. The van der Waals surface area contributed by atoms with Gasteiger partial charge in [0.15, 0.2) is 70.8 Å². The van der Waals surface area contributed by atoms with E-state index in [1.807, 2.05) is 0 Å². The minimum absolute atomic E-state index is 0.0317. The number of carbonyl (C=O) groups is 1. The molecule has 19 heteroatoms. The Labute approximate surface area is 336 Å². The van der Waals surface area contributed by atoms with Crippen molar-refractivity contribution in [3.05, 3.63) is 0 Å². The number of rotatable bonds is 19. The molecule has 54 heavy (non-hydrogen) atoms. The van der Waals surface area contributed by atoms with E-state index in [-0.39, 0.29) is 6.61 Å². The lowest BCUT2D eigenvalue weighted by Crippen LogP contribution is -2.69. The molecule has 12 nitrogen and oxygen atoms in total. The summed E-state index contributed by atoms with van der Waals surface area (Å²) >= 11 is 0. The van der Waals surface area contributed by atoms with E-state index >= 15 is 0 Å². The average molecular weight is 890 g/mol. The third kappa shape index (κ3) is 19.1. The van der Waals surface area contributed by atoms with Gasteiger partial charge >= 0.3 is 5.97 Å². The summed E-state index contributed by atoms with van der Waals surface area (Å²) in [5, 5.41) is 0. The molecule has 0 aromatic heterocycles. The molecule has 0 radical (unpaired) electrons. The van der Waals surface area contributed by atoms with Gasteiger partial charge in [0.25, 0.3) is 0 Å². The molecule has 0 N–H and O–H groups in total. The first kappa shape index (κ1) is 50.7. The Morgan fingerprint density at radius 3 is 0.963 bits per heavy atom. The summed E-state index contributed by atoms with van der Waals surface area (Å²) in [6, 6.07) is 0. The predicted octanol–water partition coefficient (Wildman–Crippen LogP) is 8.19. The van der Waals surface area contributed by atoms with E-state index in [1.165, 1.54) is 6.92 Å². The highest BCUT2D eigenvalue weighted by Gasteiger charge is 2.57. The van der Waals surface area contributed by atoms with E-state index in [9.17, 15) is 4.79 Å². The monoisotopic (exact) mass is 888 g/mol. The maximum absolute atomic E-state index is 12.2. The zero-order chi connectivity index (χ0) is 42.0. The van der Waals surface area contributed by atoms with E-state index in [4.69, 9.17) is 49.9 Å². The van der Waals surface area contributed by atoms with Crippen molar-refractivity contribution in [2.24, 2.45) is 0 Å². The highest BCUT2D eigenvalue weighted by atomic mass is 28.4. The average Bonchev–Trinajstić information content (AvgIpc) is 2.88. The largest absolute Gasteiger partial charge is 0.463 e. The highest BCUT2D eigenvalue weighted by Crippen LogP contribution is 2.39. The second-order valence-corrected chi connectivity index (χ2v) is 52.9. The van der Waals surface area contributed by atoms with Gasteiger partial charge in [-0.1, -0.05) is 0 Å². The fourth-order valence-corrected chi connectivity index (χ4v) is 13.3. The summed E-state index contributed by atoms with van der Waals surface area (Å²) in [6.07, 6.45) is -6.56. The van der Waals surface area contributed by atoms with Crippen LogP contribution >= 0.6 is 0 Å². The normalized spacial score (nSPS) is 31.1. The Hall–Kier alpha value is 0.588. The van der Waals surface area contributed by atoms with Gasteiger partial charge in [-0.15, -0.1) is 0 Å². The number of carbonyl (C=O) groups excluding carboxylic acids is 1. The van der Waals surface area contributed by atoms with Crippen LogP contribution in [0.1, 0.15) is 6.92 Å². The van der Waals surface area contributed by atoms with Crippen LogP contribution in [0.3, 0.4) is 0 Å². The standard InChI is InChI=1S/C35H80O12Si7/c1-25(36)37-23-26-28(42-49(5,6)7)30(44-51(11,12)13)32(46-53(17,18)19)34(39-26)41-35-33(47-54(20,21)22)31(45-52(14,15)16)29(43-50(8,9)10)27(40-35)24-38-48(2,3)4/h26-35H,23-24H2,1-22H3/t26?,27?,28-,29-,30+,31-,32?,33?,34-,35-/m1/s1. The molecule has 2 heterocycles. The Morgan fingerprint density at radius 2 is 0.685 bits per heavy atom. The molecule has 10 atom stereocenters. The fourth-order valence-electron chi connectivity index (χ4n) is 6.16. The van der Waals surface area contributed by atoms with E-state index in [0.717, 1.165) is 0 Å². The highest BCUT2D eigenvalue weighted by molar-refractivity contribution is 6.72. The second-order valence-electron chi connectivity index (χ2n) is 21.6. The number of hydrogen-bond acceptors (Lipinski definition) is 12. The van der Waals surface area contributed by atoms with Crippen LogP contribution in [-0.2, 0) is 54.7 Å². The van der Waals surface area contributed by atoms with Gasteiger partial charge in [-0.3, -0.25) is 4.79 Å². The van der Waals surface area contributed by atoms with Crippen LogP contribution in [0.2, 0.25) is 137 Å². The molecular formula is C35H80O12Si7. The zero-order valence-electron chi connectivity index (χ0n) is 38.1. The summed E-state index contributed by atoms with van der Waals surface area (Å²) in [6.45, 7) is 47.0. The minimum Gasteiger partial charge on any atom is -0.463 e. The molecule has 2 saturated heterocycles. The van der Waals surface area contributed by atoms with Crippen LogP contribution in [0.5, 0.6) is 0 Å². The Balaban J connectivity index is 2.87. The van der Waals surface area contributed by atoms with Crippen molar-refractivity contribution in [3.63, 3.8) is 0 Å². The minimum atomic E-state index is -2.27. The Bertz CT molecular complexity index is 1180. The third-order valence-corrected chi connectivity index (χ3v) is 14.4. The van der Waals surface area contributed by atoms with Crippen LogP contribution in [0.15, 0.2) is 0 Å². The van der Waals surface area contributed by atoms with Gasteiger partial charge in [0.2, 0.25) is 0 Å². The van der Waals surface area contributed by atoms with Gasteiger partial charge in [-0.2, -0.15) is 0 Å². The Kier molecular flexibility index (Phi) is 17.7. The predicted molar refractivity (Wildman–Crippen MR) is 234 cm³/mol. The number of hydrogen-bond donors (Lipinski definition) is 0. The molecule has 4 unspecified atom stereocenters. The first-order chi connectivity index (χ1) is 23.9. The van der Waals surface area contributed by atoms with Crippen LogP contribution in [0, 0.1) is 0 Å². The number of ether oxygens (including phenoxy) is 4. The van der Waals surface area contributed by atoms with E-state index < -0.39 is 126 Å². The lowest BCUT2D eigenvalue weighted by molar-refractivity contribution is -0.368. The van der Waals surface area contributed by atoms with E-state index in [0.29, 0.717) is 6.61 Å². The lowest BCUT2D eigenvalue weighted by atomic mass is 9.98. The maximum atomic E-state index is 12.2. The van der Waals surface area contributed by atoms with Crippen molar-refractivity contribution in [2.75, 3.05) is 13.2 Å². The van der Waals surface area contributed by atoms with Gasteiger partial charge in [-0.25, -0.2) is 0 Å². The van der Waals surface area contributed by atoms with Crippen molar-refractivity contribution in [1.82, 2.24) is 0 Å². The molecule has 0 spiro atoms. The molecule has 320 valence electrons. The molecular weight excluding hydrogens is 809 g/mol. The van der Waals surface area contributed by atoms with E-state index in [1.54, 1.807) is 0 Å². The first-order valence-electron chi connectivity index (χ1n) is 19.7. The second kappa shape index (κ2) is 18.9. The summed E-state index contributed by atoms with van der Waals surface area (Å²) in [4.78, 5) is 12.2. The van der Waals surface area contributed by atoms with E-state index in [2.05, 4.69) is 137 Å². The van der Waals surface area contributed by atoms with Crippen molar-refractivity contribution >= 4 is 64.2 Å². The van der Waals surface area contributed by atoms with Crippen molar-refractivity contribution in [2.45, 2.75) is 206 Å². The van der Waals surface area contributed by atoms with Gasteiger partial charge < -0.3 is 49.9 Å². The van der Waals surface area contributed by atoms with Crippen LogP contribution in [0.4, 0.5) is 0 Å². The summed E-state index contributed by atoms with van der Waals surface area (Å²) in [5.74, 6) is -0.407. The van der Waals surface area contributed by atoms with Crippen molar-refractivity contribution in [3.8, 4) is 0 Å². The van der Waals surface area contributed by atoms with Gasteiger partial charge in [0.1, 0.15) is 55.4 Å². The first-order valence-corrected chi connectivity index (χ1v) is 43.6. The van der Waals surface area contributed by atoms with Gasteiger partial charge in [0.05, 0.1) is 6.61 Å². The molecule has 0 aromatic carbocycles. The SMILES string of the molecule is CC(=O)OCC1O[C@H](O[C@H]2OC(CO[Si](C)(C)C)[C@@H](O[Si](C)(C)C)[C@@H](O[Si](C)(C)C)C2O[Si](C)(C)C)C(O[Si](C)(C)C)[C@@H](O[Si](C)(C)C)[C@@H]1O[Si](C)(C)C. The quantitative estimate of drug-likeness (QED) is 0.0920. The molecule has 0 aromatic rings. The molecule has 2 fully saturated rings. The summed E-state index contributed by atoms with van der Waals surface area (Å²) in [7, 11) is -15.2. The fraction of sp³-hybridized carbons (Fsp3) is 0.971. The van der Waals surface area contributed by atoms with Crippen molar-refractivity contribution < 1.29 is 54.7 Å². The van der Waals surface area contributed by atoms with Crippen LogP contribution in [-0.4, -0.2) is 139 Å². The van der Waals surface area contributed by atoms with Crippen molar-refractivity contribution in [1.29, 1.82) is 0 Å². The van der Waals surface area contributed by atoms with Crippen LogP contribution < -0.4 is 0 Å². The molecule has 0 saturated carbocycles. The molecule has 2 aliphatic rings. The molecule has 2 aliphatic heterocycles. The molecule has 2 rings (SSSR count). The molecule has 0 aliphatic carbocycles. The third-order valence-electron chi connectivity index (χ3n) is 7.52. The van der Waals surface area contributed by atoms with Crippen LogP contribution in [0.25, 0.3) is 0 Å². The lowest BCUT2D eigenvalue weighted by Gasteiger charge is -2.53. The maximum Gasteiger partial charge on any atom is 0.302 e. The smallest absolute Gasteiger partial charge is 0.302 e. The topological polar surface area (TPSA) is 119 Å². The molecule has 0 bridgehead atoms. The summed E-state index contributed by atoms with van der Waals surface area (Å²) < 4.78 is 75.3.